The van der Waals surface area contributed by atoms with Crippen LogP contribution in [0.2, 0.25) is 0 Å². The number of alkyl halides is 1. The molecule has 18 heteroatoms. The summed E-state index contributed by atoms with van der Waals surface area (Å²) >= 11 is 0. The van der Waals surface area contributed by atoms with Gasteiger partial charge in [0.1, 0.15) is 36.1 Å². The summed E-state index contributed by atoms with van der Waals surface area (Å²) in [4.78, 5) is 60.7. The van der Waals surface area contributed by atoms with E-state index < -0.39 is 117 Å². The third-order valence-electron chi connectivity index (χ3n) is 18.9. The van der Waals surface area contributed by atoms with Gasteiger partial charge in [0.25, 0.3) is 0 Å². The molecule has 2 heterocycles. The van der Waals surface area contributed by atoms with E-state index in [9.17, 15) is 49.8 Å². The quantitative estimate of drug-likeness (QED) is 0.0838. The number of likely N-dealkylation sites (N-methyl/N-ethyl adjacent to an activating group) is 1. The summed E-state index contributed by atoms with van der Waals surface area (Å²) in [5.74, 6) is -7.41. The largest absolute Gasteiger partial charge is 0.460 e. The third kappa shape index (κ3) is 10.4. The topological polar surface area (TPSA) is 251 Å². The highest BCUT2D eigenvalue weighted by molar-refractivity contribution is 6.01. The first-order valence-corrected chi connectivity index (χ1v) is 26.0. The molecule has 0 bridgehead atoms. The molecule has 2 unspecified atom stereocenters. The monoisotopic (exact) mass is 1020 g/mol. The summed E-state index contributed by atoms with van der Waals surface area (Å²) in [5.41, 5.74) is -8.49. The highest BCUT2D eigenvalue weighted by atomic mass is 19.1. The molecule has 410 valence electrons. The smallest absolute Gasteiger partial charge is 0.339 e. The van der Waals surface area contributed by atoms with Crippen molar-refractivity contribution < 1.29 is 78.0 Å². The second-order valence-electron chi connectivity index (χ2n) is 23.4. The maximum atomic E-state index is 17.6. The molecular formula is C54H87FN2O15. The number of aliphatic hydroxyl groups is 6. The van der Waals surface area contributed by atoms with Crippen molar-refractivity contribution in [3.05, 3.63) is 23.8 Å². The number of rotatable bonds is 8. The maximum Gasteiger partial charge on any atom is 0.339 e. The predicted molar refractivity (Wildman–Crippen MR) is 265 cm³/mol. The van der Waals surface area contributed by atoms with E-state index in [-0.39, 0.29) is 55.7 Å². The molecule has 6 N–H and O–H groups in total. The van der Waals surface area contributed by atoms with Gasteiger partial charge < -0.3 is 59.3 Å². The Bertz CT molecular complexity index is 2080. The van der Waals surface area contributed by atoms with Gasteiger partial charge in [-0.05, 0) is 124 Å². The number of hydrogen-bond donors (Lipinski definition) is 6. The first-order valence-electron chi connectivity index (χ1n) is 26.0. The van der Waals surface area contributed by atoms with Crippen molar-refractivity contribution in [3.8, 4) is 0 Å². The summed E-state index contributed by atoms with van der Waals surface area (Å²) in [5, 5.41) is 70.7. The van der Waals surface area contributed by atoms with Crippen molar-refractivity contribution in [2.24, 2.45) is 63.3 Å². The van der Waals surface area contributed by atoms with Crippen LogP contribution in [0.3, 0.4) is 0 Å². The van der Waals surface area contributed by atoms with Crippen LogP contribution in [0.5, 0.6) is 0 Å². The first kappa shape index (κ1) is 59.7. The van der Waals surface area contributed by atoms with Gasteiger partial charge in [-0.3, -0.25) is 14.4 Å². The lowest BCUT2D eigenvalue weighted by Gasteiger charge is -2.62. The Kier molecular flexibility index (Phi) is 18.4. The fraction of sp³-hybridized carbons (Fsp3) is 0.833. The number of nitrogens with zero attached hydrogens (tertiary/aromatic N) is 2. The zero-order valence-corrected chi connectivity index (χ0v) is 45.4. The lowest BCUT2D eigenvalue weighted by atomic mass is 9.45. The van der Waals surface area contributed by atoms with Gasteiger partial charge in [-0.1, -0.05) is 65.3 Å². The van der Waals surface area contributed by atoms with E-state index in [1.807, 2.05) is 46.7 Å². The molecule has 0 spiro atoms. The van der Waals surface area contributed by atoms with Crippen LogP contribution >= 0.6 is 0 Å². The van der Waals surface area contributed by atoms with Gasteiger partial charge in [0, 0.05) is 47.7 Å². The van der Waals surface area contributed by atoms with Crippen LogP contribution in [0.25, 0.3) is 0 Å². The molecule has 2 saturated heterocycles. The summed E-state index contributed by atoms with van der Waals surface area (Å²) in [6, 6.07) is -0.0104. The minimum absolute atomic E-state index is 0.01000. The van der Waals surface area contributed by atoms with E-state index in [2.05, 4.69) is 5.16 Å². The number of ether oxygens (including phenoxy) is 4. The van der Waals surface area contributed by atoms with Crippen LogP contribution < -0.4 is 0 Å². The first-order chi connectivity index (χ1) is 33.3. The van der Waals surface area contributed by atoms with Gasteiger partial charge in [-0.2, -0.15) is 0 Å². The normalized spacial score (nSPS) is 47.5. The van der Waals surface area contributed by atoms with Crippen molar-refractivity contribution in [3.63, 3.8) is 0 Å². The van der Waals surface area contributed by atoms with E-state index in [1.165, 1.54) is 26.0 Å². The Morgan fingerprint density at radius 3 is 2.15 bits per heavy atom. The number of aliphatic hydroxyl groups excluding tert-OH is 4. The molecule has 3 saturated carbocycles. The molecule has 6 rings (SSSR count). The Labute approximate surface area is 425 Å². The van der Waals surface area contributed by atoms with E-state index in [1.54, 1.807) is 54.7 Å². The third-order valence-corrected chi connectivity index (χ3v) is 18.9. The van der Waals surface area contributed by atoms with E-state index in [4.69, 9.17) is 23.8 Å². The number of halogens is 1. The Morgan fingerprint density at radius 1 is 0.917 bits per heavy atom. The molecule has 2 aliphatic heterocycles. The van der Waals surface area contributed by atoms with E-state index >= 15 is 4.39 Å². The molecule has 72 heavy (non-hydrogen) atoms. The molecule has 0 radical (unpaired) electrons. The van der Waals surface area contributed by atoms with E-state index in [0.29, 0.717) is 37.0 Å². The number of ketones is 2. The molecule has 5 fully saturated rings. The summed E-state index contributed by atoms with van der Waals surface area (Å²) < 4.78 is 40.1. The number of esters is 2. The zero-order valence-electron chi connectivity index (χ0n) is 45.4. The van der Waals surface area contributed by atoms with Crippen LogP contribution in [-0.2, 0) is 43.0 Å². The molecule has 4 aliphatic carbocycles. The number of fused-ring (bicyclic) bond motifs is 5. The van der Waals surface area contributed by atoms with Gasteiger partial charge in [0.05, 0.1) is 29.6 Å². The average molecular weight is 1020 g/mol. The number of methoxy groups -OCH3 is 1. The second-order valence-corrected chi connectivity index (χ2v) is 23.4. The van der Waals surface area contributed by atoms with Gasteiger partial charge in [-0.25, -0.2) is 9.18 Å². The maximum absolute atomic E-state index is 17.6. The number of carbonyl (C=O) groups excluding carboxylic acids is 4. The highest BCUT2D eigenvalue weighted by Crippen LogP contribution is 2.70. The van der Waals surface area contributed by atoms with Crippen LogP contribution in [0.15, 0.2) is 29.0 Å². The van der Waals surface area contributed by atoms with Crippen LogP contribution in [0, 0.1) is 58.2 Å². The molecule has 6 aliphatic rings. The van der Waals surface area contributed by atoms with Gasteiger partial charge >= 0.3 is 11.9 Å². The molecule has 17 nitrogen and oxygen atoms in total. The average Bonchev–Trinajstić information content (AvgIpc) is 3.52. The van der Waals surface area contributed by atoms with Crippen LogP contribution in [0.4, 0.5) is 4.39 Å². The molecule has 0 aromatic rings. The number of Topliss-reactive ketones (excluding diaryl/α,β-unsaturated/α-hetero) is 1. The van der Waals surface area contributed by atoms with Gasteiger partial charge in [0.2, 0.25) is 0 Å². The number of allylic oxidation sites excluding steroid dienone is 4. The number of hydrogen-bond acceptors (Lipinski definition) is 17. The minimum atomic E-state index is -2.11. The fourth-order valence-corrected chi connectivity index (χ4v) is 13.7. The highest BCUT2D eigenvalue weighted by Gasteiger charge is 2.76. The number of cyclic esters (lactones) is 1. The molecular weight excluding hydrogens is 936 g/mol. The van der Waals surface area contributed by atoms with Gasteiger partial charge in [-0.15, -0.1) is 0 Å². The van der Waals surface area contributed by atoms with Crippen LogP contribution in [0.1, 0.15) is 128 Å². The Morgan fingerprint density at radius 2 is 1.56 bits per heavy atom. The predicted octanol–water partition coefficient (Wildman–Crippen LogP) is 4.65. The number of carbonyl (C=O) groups is 4. The van der Waals surface area contributed by atoms with Crippen molar-refractivity contribution in [2.45, 2.75) is 193 Å². The standard InChI is InChI=1S/C46H70FNO12.C8H17NO3/c1-13-35-44(11,55)38(52)27(5)36(24(2)22-43(10,57-12)29(7)26(4)37(51)28(6)39(53)60-35)48-59-19-18-58-40(54)46(56)25(3)20-33-32-15-14-30-21-31(49)16-17-41(30,8)45(32,47)34(50)23-42(33,46)9;1-5-4-6(9(2)3)7(10)8(11)12-5/h16-17,21,24-29,32-35,38,50,52,55-56H,13-15,18-20,22-23H2,1-12H3;5-8,10-11H,4H2,1-3H3/b48-36-;/t24-,25-,26-,27+,28-,29-,32?,33?,34+,35-,38-,41+,42+,43-,44-,45+,46+;5-,6-,7-,8-/m11/s1. The summed E-state index contributed by atoms with van der Waals surface area (Å²) in [6.07, 6.45) is 0.531. The fourth-order valence-electron chi connectivity index (χ4n) is 13.7. The molecule has 0 amide bonds. The minimum Gasteiger partial charge on any atom is -0.460 e. The lowest BCUT2D eigenvalue weighted by Crippen LogP contribution is -2.69. The second kappa shape index (κ2) is 22.2. The summed E-state index contributed by atoms with van der Waals surface area (Å²) in [6.45, 7) is 20.1. The molecule has 21 atom stereocenters. The van der Waals surface area contributed by atoms with Gasteiger partial charge in [0.15, 0.2) is 29.9 Å². The van der Waals surface area contributed by atoms with Crippen molar-refractivity contribution >= 4 is 29.2 Å². The number of oxime groups is 1. The van der Waals surface area contributed by atoms with Crippen LogP contribution in [-0.4, -0.2) is 164 Å². The molecule has 0 aromatic carbocycles. The SMILES string of the molecule is CC[C@H]1OC(=O)[C@H](C)C(=O)[C@H](C)[C@@H](C)[C@](C)(OC)C[C@@H](C)/C(=N/OCCOC(=O)[C@@]2(O)[C@H](C)CC3C4CCC5=CC(=O)C=C[C@]5(C)[C@@]4(F)[C@@H](O)C[C@@]32C)[C@H](C)[C@@H](O)[C@]1(C)O.C[C@@H]1C[C@@H](N(C)C)[C@@H](O)[C@H](O)O1. The summed E-state index contributed by atoms with van der Waals surface area (Å²) in [7, 11) is 5.32. The van der Waals surface area contributed by atoms with Crippen molar-refractivity contribution in [1.29, 1.82) is 0 Å². The van der Waals surface area contributed by atoms with Crippen molar-refractivity contribution in [1.82, 2.24) is 4.90 Å². The molecule has 0 aromatic heterocycles. The Balaban J connectivity index is 0.000000701. The van der Waals surface area contributed by atoms with Crippen molar-refractivity contribution in [2.75, 3.05) is 34.4 Å². The Hall–Kier alpha value is -3.20. The lowest BCUT2D eigenvalue weighted by molar-refractivity contribution is -0.230. The van der Waals surface area contributed by atoms with E-state index in [0.717, 1.165) is 6.42 Å². The zero-order chi connectivity index (χ0) is 54.4.